The number of carbonyl (C=O) groups is 1. The molecule has 24 heavy (non-hydrogen) atoms. The Balaban J connectivity index is 2.07. The van der Waals surface area contributed by atoms with E-state index in [1.807, 2.05) is 6.92 Å². The maximum atomic E-state index is 12.5. The molecule has 0 radical (unpaired) electrons. The summed E-state index contributed by atoms with van der Waals surface area (Å²) in [5.41, 5.74) is 0.490. The van der Waals surface area contributed by atoms with Crippen molar-refractivity contribution in [2.24, 2.45) is 0 Å². The molecular weight excluding hydrogens is 328 g/mol. The lowest BCUT2D eigenvalue weighted by atomic mass is 10.2. The molecule has 7 nitrogen and oxygen atoms in total. The summed E-state index contributed by atoms with van der Waals surface area (Å²) in [5.74, 6) is -0.126. The van der Waals surface area contributed by atoms with Gasteiger partial charge in [0.25, 0.3) is 0 Å². The number of amides is 1. The van der Waals surface area contributed by atoms with Gasteiger partial charge in [-0.2, -0.15) is 0 Å². The SMILES string of the molecule is C[C@@H](C(=O)Nc1cccc(S(=O)(=O)N(C)C)c1)N1CCN(C)CC1. The smallest absolute Gasteiger partial charge is 0.242 e. The number of likely N-dealkylation sites (N-methyl/N-ethyl adjacent to an activating group) is 1. The van der Waals surface area contributed by atoms with Gasteiger partial charge in [-0.25, -0.2) is 12.7 Å². The lowest BCUT2D eigenvalue weighted by molar-refractivity contribution is -0.121. The van der Waals surface area contributed by atoms with Crippen molar-refractivity contribution in [2.75, 3.05) is 52.6 Å². The van der Waals surface area contributed by atoms with E-state index >= 15 is 0 Å². The highest BCUT2D eigenvalue weighted by Gasteiger charge is 2.25. The Labute approximate surface area is 144 Å². The molecule has 0 unspecified atom stereocenters. The molecule has 1 aliphatic rings. The van der Waals surface area contributed by atoms with E-state index in [1.165, 1.54) is 26.2 Å². The maximum absolute atomic E-state index is 12.5. The highest BCUT2D eigenvalue weighted by atomic mass is 32.2. The molecule has 0 bridgehead atoms. The van der Waals surface area contributed by atoms with E-state index in [-0.39, 0.29) is 16.8 Å². The molecule has 2 rings (SSSR count). The second-order valence-corrected chi connectivity index (χ2v) is 8.47. The van der Waals surface area contributed by atoms with Gasteiger partial charge in [0.15, 0.2) is 0 Å². The second kappa shape index (κ2) is 7.60. The Morgan fingerprint density at radius 3 is 2.42 bits per heavy atom. The first-order valence-electron chi connectivity index (χ1n) is 7.98. The van der Waals surface area contributed by atoms with Gasteiger partial charge in [0.2, 0.25) is 15.9 Å². The monoisotopic (exact) mass is 354 g/mol. The van der Waals surface area contributed by atoms with Crippen LogP contribution in [0.1, 0.15) is 6.92 Å². The Kier molecular flexibility index (Phi) is 5.97. The molecule has 1 atom stereocenters. The Bertz CT molecular complexity index is 682. The first-order chi connectivity index (χ1) is 11.2. The minimum Gasteiger partial charge on any atom is -0.325 e. The second-order valence-electron chi connectivity index (χ2n) is 6.32. The van der Waals surface area contributed by atoms with Crippen LogP contribution in [0.3, 0.4) is 0 Å². The molecule has 0 saturated carbocycles. The predicted octanol–water partition coefficient (Wildman–Crippen LogP) is 0.511. The van der Waals surface area contributed by atoms with Crippen LogP contribution >= 0.6 is 0 Å². The topological polar surface area (TPSA) is 73.0 Å². The van der Waals surface area contributed by atoms with E-state index in [0.29, 0.717) is 5.69 Å². The van der Waals surface area contributed by atoms with Crippen molar-refractivity contribution < 1.29 is 13.2 Å². The molecule has 1 amide bonds. The first kappa shape index (κ1) is 18.9. The van der Waals surface area contributed by atoms with Gasteiger partial charge in [0.05, 0.1) is 10.9 Å². The molecule has 8 heteroatoms. The molecule has 1 aromatic rings. The number of sulfonamides is 1. The molecule has 0 spiro atoms. The highest BCUT2D eigenvalue weighted by molar-refractivity contribution is 7.89. The van der Waals surface area contributed by atoms with Crippen LogP contribution in [0.2, 0.25) is 0 Å². The van der Waals surface area contributed by atoms with E-state index in [2.05, 4.69) is 22.2 Å². The summed E-state index contributed by atoms with van der Waals surface area (Å²) in [6, 6.07) is 6.09. The van der Waals surface area contributed by atoms with Gasteiger partial charge in [-0.15, -0.1) is 0 Å². The van der Waals surface area contributed by atoms with Crippen LogP contribution in [0, 0.1) is 0 Å². The lowest BCUT2D eigenvalue weighted by Crippen LogP contribution is -2.51. The number of nitrogens with zero attached hydrogens (tertiary/aromatic N) is 3. The van der Waals surface area contributed by atoms with Gasteiger partial charge in [-0.05, 0) is 32.2 Å². The van der Waals surface area contributed by atoms with E-state index in [4.69, 9.17) is 0 Å². The van der Waals surface area contributed by atoms with E-state index in [9.17, 15) is 13.2 Å². The third kappa shape index (κ3) is 4.32. The minimum absolute atomic E-state index is 0.126. The molecule has 134 valence electrons. The summed E-state index contributed by atoms with van der Waals surface area (Å²) in [6.07, 6.45) is 0. The lowest BCUT2D eigenvalue weighted by Gasteiger charge is -2.35. The number of hydrogen-bond donors (Lipinski definition) is 1. The zero-order chi connectivity index (χ0) is 17.9. The van der Waals surface area contributed by atoms with Crippen LogP contribution in [0.4, 0.5) is 5.69 Å². The fraction of sp³-hybridized carbons (Fsp3) is 0.562. The van der Waals surface area contributed by atoms with Crippen LogP contribution in [0.15, 0.2) is 29.2 Å². The zero-order valence-corrected chi connectivity index (χ0v) is 15.5. The van der Waals surface area contributed by atoms with Gasteiger partial charge in [0, 0.05) is 46.0 Å². The van der Waals surface area contributed by atoms with Gasteiger partial charge < -0.3 is 10.2 Å². The van der Waals surface area contributed by atoms with Crippen molar-refractivity contribution in [3.63, 3.8) is 0 Å². The van der Waals surface area contributed by atoms with Gasteiger partial charge in [0.1, 0.15) is 0 Å². The molecule has 1 N–H and O–H groups in total. The van der Waals surface area contributed by atoms with E-state index < -0.39 is 10.0 Å². The Morgan fingerprint density at radius 2 is 1.83 bits per heavy atom. The maximum Gasteiger partial charge on any atom is 0.242 e. The van der Waals surface area contributed by atoms with Crippen molar-refractivity contribution >= 4 is 21.6 Å². The minimum atomic E-state index is -3.52. The molecule has 1 aliphatic heterocycles. The van der Waals surface area contributed by atoms with Crippen molar-refractivity contribution in [3.05, 3.63) is 24.3 Å². The average molecular weight is 354 g/mol. The summed E-state index contributed by atoms with van der Waals surface area (Å²) >= 11 is 0. The molecule has 1 heterocycles. The third-order valence-corrected chi connectivity index (χ3v) is 6.16. The number of benzene rings is 1. The molecule has 1 aromatic carbocycles. The summed E-state index contributed by atoms with van der Waals surface area (Å²) < 4.78 is 25.5. The summed E-state index contributed by atoms with van der Waals surface area (Å²) in [6.45, 7) is 5.45. The fourth-order valence-corrected chi connectivity index (χ4v) is 3.51. The van der Waals surface area contributed by atoms with Crippen molar-refractivity contribution in [2.45, 2.75) is 17.9 Å². The molecule has 1 fully saturated rings. The number of carbonyl (C=O) groups excluding carboxylic acids is 1. The highest BCUT2D eigenvalue weighted by Crippen LogP contribution is 2.18. The summed E-state index contributed by atoms with van der Waals surface area (Å²) in [4.78, 5) is 17.0. The van der Waals surface area contributed by atoms with Crippen LogP contribution in [-0.2, 0) is 14.8 Å². The summed E-state index contributed by atoms with van der Waals surface area (Å²) in [5, 5.41) is 2.82. The normalized spacial score (nSPS) is 18.5. The van der Waals surface area contributed by atoms with Crippen LogP contribution in [0.25, 0.3) is 0 Å². The van der Waals surface area contributed by atoms with Gasteiger partial charge >= 0.3 is 0 Å². The predicted molar refractivity (Wildman–Crippen MR) is 94.5 cm³/mol. The van der Waals surface area contributed by atoms with Crippen molar-refractivity contribution in [3.8, 4) is 0 Å². The van der Waals surface area contributed by atoms with E-state index in [1.54, 1.807) is 12.1 Å². The largest absolute Gasteiger partial charge is 0.325 e. The fourth-order valence-electron chi connectivity index (χ4n) is 2.57. The summed E-state index contributed by atoms with van der Waals surface area (Å²) in [7, 11) is 1.52. The third-order valence-electron chi connectivity index (χ3n) is 4.35. The number of anilines is 1. The standard InChI is InChI=1S/C16H26N4O3S/c1-13(20-10-8-19(4)9-11-20)16(21)17-14-6-5-7-15(12-14)24(22,23)18(2)3/h5-7,12-13H,8-11H2,1-4H3,(H,17,21)/t13-/m0/s1. The quantitative estimate of drug-likeness (QED) is 0.834. The molecule has 1 saturated heterocycles. The van der Waals surface area contributed by atoms with E-state index in [0.717, 1.165) is 30.5 Å². The molecule has 0 aromatic heterocycles. The Morgan fingerprint density at radius 1 is 1.21 bits per heavy atom. The molecule has 0 aliphatic carbocycles. The number of rotatable bonds is 5. The first-order valence-corrected chi connectivity index (χ1v) is 9.42. The van der Waals surface area contributed by atoms with Crippen molar-refractivity contribution in [1.82, 2.24) is 14.1 Å². The number of hydrogen-bond acceptors (Lipinski definition) is 5. The average Bonchev–Trinajstić information content (AvgIpc) is 2.55. The van der Waals surface area contributed by atoms with Crippen LogP contribution < -0.4 is 5.32 Å². The Hall–Kier alpha value is -1.48. The number of nitrogens with one attached hydrogen (secondary N) is 1. The van der Waals surface area contributed by atoms with Crippen LogP contribution in [0.5, 0.6) is 0 Å². The van der Waals surface area contributed by atoms with Gasteiger partial charge in [-0.1, -0.05) is 6.07 Å². The zero-order valence-electron chi connectivity index (χ0n) is 14.7. The number of piperazine rings is 1. The molecular formula is C16H26N4O3S. The van der Waals surface area contributed by atoms with Crippen molar-refractivity contribution in [1.29, 1.82) is 0 Å². The van der Waals surface area contributed by atoms with Gasteiger partial charge in [-0.3, -0.25) is 9.69 Å². The van der Waals surface area contributed by atoms with Crippen LogP contribution in [-0.4, -0.2) is 81.8 Å².